The number of aryl methyl sites for hydroxylation is 2. The normalized spacial score (nSPS) is 18.6. The first-order valence-corrected chi connectivity index (χ1v) is 14.9. The Morgan fingerprint density at radius 2 is 1.23 bits per heavy atom. The number of hydrogen-bond acceptors (Lipinski definition) is 3. The molecule has 0 aliphatic heterocycles. The number of alkyl halides is 2. The fourth-order valence-electron chi connectivity index (χ4n) is 4.13. The summed E-state index contributed by atoms with van der Waals surface area (Å²) in [7, 11) is 0. The van der Waals surface area contributed by atoms with E-state index in [1.165, 1.54) is 74.5 Å². The lowest BCUT2D eigenvalue weighted by molar-refractivity contribution is -0.161. The summed E-state index contributed by atoms with van der Waals surface area (Å²) in [5.41, 5.74) is 14.7. The van der Waals surface area contributed by atoms with Crippen molar-refractivity contribution in [2.24, 2.45) is 29.2 Å². The van der Waals surface area contributed by atoms with Gasteiger partial charge in [-0.25, -0.2) is 4.79 Å². The second-order valence-electron chi connectivity index (χ2n) is 11.3. The van der Waals surface area contributed by atoms with Crippen LogP contribution in [0.15, 0.2) is 48.5 Å². The standard InChI is InChI=1S/C8H17N.C8H11N.C7H7Cl.C7H14.C3H4F2O2/c2*1-7-2-4-8(6-9)5-3-7;1-6-2-4-7(8)5-3-6;1-7-5-3-2-4-6-7;1-3(4,5)2(6)7/h7-8H,2-6,9H2,1H3;2-5H,6,9H2,1H3;2-5H,1H3;7H,2-6H2,1H3;1H3,(H,6,7). The molecule has 7 heteroatoms. The lowest BCUT2D eigenvalue weighted by Crippen LogP contribution is -2.22. The van der Waals surface area contributed by atoms with Gasteiger partial charge in [0.2, 0.25) is 0 Å². The number of rotatable bonds is 3. The van der Waals surface area contributed by atoms with Gasteiger partial charge in [0, 0.05) is 18.5 Å². The Hall–Kier alpha value is -2.02. The maximum absolute atomic E-state index is 11.2. The summed E-state index contributed by atoms with van der Waals surface area (Å²) >= 11 is 5.61. The zero-order chi connectivity index (χ0) is 30.6. The van der Waals surface area contributed by atoms with E-state index in [1.54, 1.807) is 0 Å². The van der Waals surface area contributed by atoms with Gasteiger partial charge in [0.1, 0.15) is 0 Å². The number of carboxylic acid groups (broad SMARTS) is 1. The molecule has 0 amide bonds. The van der Waals surface area contributed by atoms with Crippen molar-refractivity contribution >= 4 is 17.6 Å². The van der Waals surface area contributed by atoms with Crippen molar-refractivity contribution in [1.29, 1.82) is 0 Å². The van der Waals surface area contributed by atoms with Gasteiger partial charge < -0.3 is 16.6 Å². The minimum Gasteiger partial charge on any atom is -0.477 e. The molecule has 0 saturated heterocycles. The predicted molar refractivity (Wildman–Crippen MR) is 166 cm³/mol. The smallest absolute Gasteiger partial charge is 0.374 e. The zero-order valence-electron chi connectivity index (χ0n) is 25.3. The average Bonchev–Trinajstić information content (AvgIpc) is 2.93. The van der Waals surface area contributed by atoms with Crippen molar-refractivity contribution in [1.82, 2.24) is 0 Å². The Morgan fingerprint density at radius 1 is 0.825 bits per heavy atom. The number of carboxylic acids is 1. The molecule has 40 heavy (non-hydrogen) atoms. The van der Waals surface area contributed by atoms with Crippen LogP contribution in [-0.2, 0) is 11.3 Å². The third-order valence-corrected chi connectivity index (χ3v) is 7.36. The summed E-state index contributed by atoms with van der Waals surface area (Å²) in [5.74, 6) is -2.82. The van der Waals surface area contributed by atoms with E-state index in [2.05, 4.69) is 45.0 Å². The van der Waals surface area contributed by atoms with E-state index in [0.29, 0.717) is 13.5 Å². The fourth-order valence-corrected chi connectivity index (χ4v) is 4.25. The molecule has 0 atom stereocenters. The molecule has 2 aromatic rings. The monoisotopic (exact) mass is 582 g/mol. The highest BCUT2D eigenvalue weighted by Crippen LogP contribution is 2.27. The van der Waals surface area contributed by atoms with Gasteiger partial charge in [0.05, 0.1) is 0 Å². The van der Waals surface area contributed by atoms with Crippen LogP contribution in [0.4, 0.5) is 8.78 Å². The molecule has 0 spiro atoms. The Balaban J connectivity index is 0.000000478. The highest BCUT2D eigenvalue weighted by Gasteiger charge is 2.31. The van der Waals surface area contributed by atoms with Crippen LogP contribution in [-0.4, -0.2) is 23.5 Å². The number of aliphatic carboxylic acids is 1. The highest BCUT2D eigenvalue weighted by molar-refractivity contribution is 6.30. The van der Waals surface area contributed by atoms with Crippen molar-refractivity contribution in [3.63, 3.8) is 0 Å². The number of carbonyl (C=O) groups is 1. The molecular weight excluding hydrogens is 530 g/mol. The number of halogens is 3. The van der Waals surface area contributed by atoms with E-state index in [0.717, 1.165) is 29.3 Å². The second-order valence-corrected chi connectivity index (χ2v) is 11.7. The molecular formula is C33H53ClF2N2O2. The van der Waals surface area contributed by atoms with E-state index in [1.807, 2.05) is 31.2 Å². The van der Waals surface area contributed by atoms with Gasteiger partial charge in [0.25, 0.3) is 0 Å². The Morgan fingerprint density at radius 3 is 1.52 bits per heavy atom. The second kappa shape index (κ2) is 21.7. The van der Waals surface area contributed by atoms with Crippen molar-refractivity contribution < 1.29 is 18.7 Å². The maximum Gasteiger partial charge on any atom is 0.374 e. The highest BCUT2D eigenvalue weighted by atomic mass is 35.5. The first kappa shape index (κ1) is 38.0. The topological polar surface area (TPSA) is 89.3 Å². The first-order valence-electron chi connectivity index (χ1n) is 14.6. The Bertz CT molecular complexity index is 867. The molecule has 0 heterocycles. The van der Waals surface area contributed by atoms with E-state index >= 15 is 0 Å². The van der Waals surface area contributed by atoms with Crippen LogP contribution in [0.3, 0.4) is 0 Å². The first-order chi connectivity index (χ1) is 18.8. The lowest BCUT2D eigenvalue weighted by Gasteiger charge is -2.24. The Kier molecular flexibility index (Phi) is 20.6. The van der Waals surface area contributed by atoms with Crippen LogP contribution in [0, 0.1) is 31.6 Å². The van der Waals surface area contributed by atoms with Crippen LogP contribution < -0.4 is 11.5 Å². The molecule has 4 rings (SSSR count). The van der Waals surface area contributed by atoms with Crippen molar-refractivity contribution in [2.75, 3.05) is 6.54 Å². The minimum atomic E-state index is -3.58. The summed E-state index contributed by atoms with van der Waals surface area (Å²) in [5, 5.41) is 8.30. The molecule has 5 N–H and O–H groups in total. The van der Waals surface area contributed by atoms with Crippen molar-refractivity contribution in [3.8, 4) is 0 Å². The number of hydrogen-bond donors (Lipinski definition) is 3. The predicted octanol–water partition coefficient (Wildman–Crippen LogP) is 9.19. The summed E-state index contributed by atoms with van der Waals surface area (Å²) in [6, 6.07) is 16.0. The largest absolute Gasteiger partial charge is 0.477 e. The minimum absolute atomic E-state index is 0.329. The van der Waals surface area contributed by atoms with Gasteiger partial charge in [-0.3, -0.25) is 0 Å². The molecule has 2 aliphatic carbocycles. The summed E-state index contributed by atoms with van der Waals surface area (Å²) in [6.07, 6.45) is 13.0. The van der Waals surface area contributed by atoms with Crippen LogP contribution in [0.25, 0.3) is 0 Å². The van der Waals surface area contributed by atoms with Gasteiger partial charge in [-0.2, -0.15) is 8.78 Å². The zero-order valence-corrected chi connectivity index (χ0v) is 26.0. The van der Waals surface area contributed by atoms with Gasteiger partial charge >= 0.3 is 11.9 Å². The molecule has 0 radical (unpaired) electrons. The average molecular weight is 583 g/mol. The lowest BCUT2D eigenvalue weighted by atomic mass is 9.83. The molecule has 0 aromatic heterocycles. The van der Waals surface area contributed by atoms with E-state index < -0.39 is 11.9 Å². The molecule has 228 valence electrons. The quantitative estimate of drug-likeness (QED) is 0.336. The number of nitrogens with two attached hydrogens (primary N) is 2. The molecule has 4 nitrogen and oxygen atoms in total. The van der Waals surface area contributed by atoms with Gasteiger partial charge in [-0.05, 0) is 68.7 Å². The van der Waals surface area contributed by atoms with Crippen LogP contribution in [0.2, 0.25) is 5.02 Å². The molecule has 2 fully saturated rings. The van der Waals surface area contributed by atoms with Gasteiger partial charge in [-0.15, -0.1) is 0 Å². The molecule has 0 bridgehead atoms. The summed E-state index contributed by atoms with van der Waals surface area (Å²) in [4.78, 5) is 9.27. The van der Waals surface area contributed by atoms with Crippen molar-refractivity contribution in [2.45, 2.75) is 105 Å². The Labute approximate surface area is 246 Å². The van der Waals surface area contributed by atoms with Crippen LogP contribution in [0.1, 0.15) is 95.2 Å². The molecule has 2 aromatic carbocycles. The summed E-state index contributed by atoms with van der Waals surface area (Å²) < 4.78 is 22.5. The van der Waals surface area contributed by atoms with Crippen LogP contribution >= 0.6 is 11.6 Å². The maximum atomic E-state index is 11.2. The van der Waals surface area contributed by atoms with Gasteiger partial charge in [-0.1, -0.05) is 118 Å². The van der Waals surface area contributed by atoms with Crippen molar-refractivity contribution in [3.05, 3.63) is 70.2 Å². The molecule has 2 aliphatic rings. The van der Waals surface area contributed by atoms with E-state index in [4.69, 9.17) is 28.2 Å². The van der Waals surface area contributed by atoms with E-state index in [9.17, 15) is 13.6 Å². The summed E-state index contributed by atoms with van der Waals surface area (Å²) in [6.45, 7) is 10.7. The number of benzene rings is 2. The molecule has 2 saturated carbocycles. The third-order valence-electron chi connectivity index (χ3n) is 7.11. The fraction of sp³-hybridized carbons (Fsp3) is 0.606. The third kappa shape index (κ3) is 20.8. The SMILES string of the molecule is CC(F)(F)C(=O)O.CC1CCC(CN)CC1.CC1CCCCC1.Cc1ccc(CN)cc1.Cc1ccc(Cl)cc1. The van der Waals surface area contributed by atoms with Crippen LogP contribution in [0.5, 0.6) is 0 Å². The van der Waals surface area contributed by atoms with E-state index in [-0.39, 0.29) is 0 Å². The van der Waals surface area contributed by atoms with Gasteiger partial charge in [0.15, 0.2) is 0 Å². The molecule has 0 unspecified atom stereocenters.